The molecule has 0 saturated carbocycles. The van der Waals surface area contributed by atoms with Crippen molar-refractivity contribution in [1.29, 1.82) is 0 Å². The molecule has 0 aliphatic carbocycles. The molecule has 3 rings (SSSR count). The number of piperazine rings is 1. The minimum Gasteiger partial charge on any atom is -0.335 e. The van der Waals surface area contributed by atoms with Gasteiger partial charge in [0.05, 0.1) is 4.88 Å². The number of carbonyl (C=O) groups excluding carboxylic acids is 1. The zero-order chi connectivity index (χ0) is 16.4. The summed E-state index contributed by atoms with van der Waals surface area (Å²) in [5.41, 5.74) is 1.16. The third-order valence-electron chi connectivity index (χ3n) is 4.46. The van der Waals surface area contributed by atoms with Crippen LogP contribution in [0.25, 0.3) is 0 Å². The zero-order valence-electron chi connectivity index (χ0n) is 13.5. The number of thiophene rings is 1. The summed E-state index contributed by atoms with van der Waals surface area (Å²) in [5, 5.41) is 0.813. The predicted octanol–water partition coefficient (Wildman–Crippen LogP) is 4.23. The molecule has 0 spiro atoms. The summed E-state index contributed by atoms with van der Waals surface area (Å²) in [6, 6.07) is 12.2. The lowest BCUT2D eigenvalue weighted by Crippen LogP contribution is -2.49. The maximum Gasteiger partial charge on any atom is 0.264 e. The lowest BCUT2D eigenvalue weighted by Gasteiger charge is -2.38. The Hall–Kier alpha value is -1.36. The van der Waals surface area contributed by atoms with E-state index in [1.54, 1.807) is 11.3 Å². The molecule has 0 bridgehead atoms. The average molecular weight is 349 g/mol. The van der Waals surface area contributed by atoms with Gasteiger partial charge >= 0.3 is 0 Å². The van der Waals surface area contributed by atoms with Crippen molar-refractivity contribution >= 4 is 28.8 Å². The second-order valence-electron chi connectivity index (χ2n) is 5.94. The molecular weight excluding hydrogens is 328 g/mol. The summed E-state index contributed by atoms with van der Waals surface area (Å²) in [6.07, 6.45) is 0. The Bertz CT molecular complexity index is 692. The second-order valence-corrected chi connectivity index (χ2v) is 7.63. The van der Waals surface area contributed by atoms with Crippen LogP contribution < -0.4 is 0 Å². The highest BCUT2D eigenvalue weighted by Gasteiger charge is 2.26. The molecule has 2 heterocycles. The van der Waals surface area contributed by atoms with Gasteiger partial charge in [0.25, 0.3) is 5.91 Å². The summed E-state index contributed by atoms with van der Waals surface area (Å²) >= 11 is 7.88. The van der Waals surface area contributed by atoms with Crippen LogP contribution in [0.3, 0.4) is 0 Å². The third kappa shape index (κ3) is 3.60. The molecule has 1 unspecified atom stereocenters. The van der Waals surface area contributed by atoms with Gasteiger partial charge in [0.15, 0.2) is 0 Å². The second kappa shape index (κ2) is 7.04. The topological polar surface area (TPSA) is 23.6 Å². The number of rotatable bonds is 3. The maximum absolute atomic E-state index is 12.5. The van der Waals surface area contributed by atoms with Crippen LogP contribution in [0.15, 0.2) is 36.4 Å². The number of aryl methyl sites for hydroxylation is 1. The quantitative estimate of drug-likeness (QED) is 0.828. The largest absolute Gasteiger partial charge is 0.335 e. The molecule has 1 fully saturated rings. The highest BCUT2D eigenvalue weighted by Crippen LogP contribution is 2.28. The van der Waals surface area contributed by atoms with Gasteiger partial charge in [-0.2, -0.15) is 0 Å². The van der Waals surface area contributed by atoms with E-state index in [4.69, 9.17) is 11.6 Å². The van der Waals surface area contributed by atoms with E-state index in [-0.39, 0.29) is 11.9 Å². The first-order valence-electron chi connectivity index (χ1n) is 7.90. The molecule has 1 amide bonds. The van der Waals surface area contributed by atoms with E-state index in [9.17, 15) is 4.79 Å². The van der Waals surface area contributed by atoms with Crippen molar-refractivity contribution in [1.82, 2.24) is 9.80 Å². The third-order valence-corrected chi connectivity index (χ3v) is 5.79. The molecule has 122 valence electrons. The fourth-order valence-corrected chi connectivity index (χ4v) is 4.16. The van der Waals surface area contributed by atoms with Crippen LogP contribution in [0.5, 0.6) is 0 Å². The highest BCUT2D eigenvalue weighted by molar-refractivity contribution is 7.13. The smallest absolute Gasteiger partial charge is 0.264 e. The predicted molar refractivity (Wildman–Crippen MR) is 96.4 cm³/mol. The number of benzene rings is 1. The van der Waals surface area contributed by atoms with E-state index in [1.165, 1.54) is 4.88 Å². The molecule has 2 aromatic rings. The van der Waals surface area contributed by atoms with Gasteiger partial charge in [-0.25, -0.2) is 0 Å². The number of hydrogen-bond donors (Lipinski definition) is 0. The molecule has 1 aliphatic rings. The van der Waals surface area contributed by atoms with Crippen molar-refractivity contribution < 1.29 is 4.79 Å². The number of nitrogens with zero attached hydrogens (tertiary/aromatic N) is 2. The Morgan fingerprint density at radius 3 is 2.43 bits per heavy atom. The average Bonchev–Trinajstić information content (AvgIpc) is 3.01. The first-order chi connectivity index (χ1) is 11.1. The van der Waals surface area contributed by atoms with Gasteiger partial charge in [-0.15, -0.1) is 11.3 Å². The first-order valence-corrected chi connectivity index (χ1v) is 9.10. The lowest BCUT2D eigenvalue weighted by molar-refractivity contribution is 0.0586. The zero-order valence-corrected chi connectivity index (χ0v) is 15.0. The minimum absolute atomic E-state index is 0.160. The molecule has 5 heteroatoms. The van der Waals surface area contributed by atoms with Crippen LogP contribution in [-0.2, 0) is 0 Å². The monoisotopic (exact) mass is 348 g/mol. The van der Waals surface area contributed by atoms with Crippen LogP contribution in [0.1, 0.15) is 33.1 Å². The Morgan fingerprint density at radius 2 is 1.83 bits per heavy atom. The molecule has 1 aromatic carbocycles. The lowest BCUT2D eigenvalue weighted by atomic mass is 10.1. The van der Waals surface area contributed by atoms with Gasteiger partial charge in [-0.05, 0) is 37.6 Å². The number of halogens is 1. The summed E-state index contributed by atoms with van der Waals surface area (Å²) in [4.78, 5) is 18.9. The summed E-state index contributed by atoms with van der Waals surface area (Å²) < 4.78 is 0. The number of hydrogen-bond acceptors (Lipinski definition) is 3. The molecule has 0 radical (unpaired) electrons. The molecule has 0 N–H and O–H groups in total. The van der Waals surface area contributed by atoms with Gasteiger partial charge < -0.3 is 4.90 Å². The van der Waals surface area contributed by atoms with Crippen LogP contribution in [0, 0.1) is 6.92 Å². The van der Waals surface area contributed by atoms with Crippen molar-refractivity contribution in [2.45, 2.75) is 19.9 Å². The molecule has 1 atom stereocenters. The van der Waals surface area contributed by atoms with Crippen LogP contribution in [0.4, 0.5) is 0 Å². The van der Waals surface area contributed by atoms with E-state index >= 15 is 0 Å². The molecule has 23 heavy (non-hydrogen) atoms. The van der Waals surface area contributed by atoms with Crippen LogP contribution in [0.2, 0.25) is 5.02 Å². The van der Waals surface area contributed by atoms with Crippen molar-refractivity contribution in [3.63, 3.8) is 0 Å². The van der Waals surface area contributed by atoms with E-state index in [0.717, 1.165) is 41.6 Å². The fraction of sp³-hybridized carbons (Fsp3) is 0.389. The van der Waals surface area contributed by atoms with Gasteiger partial charge in [-0.3, -0.25) is 9.69 Å². The van der Waals surface area contributed by atoms with Crippen LogP contribution in [-0.4, -0.2) is 41.9 Å². The van der Waals surface area contributed by atoms with E-state index < -0.39 is 0 Å². The molecule has 1 aromatic heterocycles. The molecule has 1 saturated heterocycles. The maximum atomic E-state index is 12.5. The summed E-state index contributed by atoms with van der Waals surface area (Å²) in [5.74, 6) is 0.160. The molecule has 1 aliphatic heterocycles. The standard InChI is InChI=1S/C18H21ClN2OS/c1-13-7-8-17(23-13)18(22)21-11-9-20(10-12-21)14(2)15-5-3-4-6-16(15)19/h3-8,14H,9-12H2,1-2H3. The number of amides is 1. The molecular formula is C18H21ClN2OS. The summed E-state index contributed by atoms with van der Waals surface area (Å²) in [7, 11) is 0. The SMILES string of the molecule is Cc1ccc(C(=O)N2CCN(C(C)c3ccccc3Cl)CC2)s1. The van der Waals surface area contributed by atoms with Crippen molar-refractivity contribution in [2.75, 3.05) is 26.2 Å². The van der Waals surface area contributed by atoms with E-state index in [0.29, 0.717) is 0 Å². The number of carbonyl (C=O) groups is 1. The van der Waals surface area contributed by atoms with Crippen molar-refractivity contribution in [3.05, 3.63) is 56.7 Å². The Labute approximate surface area is 146 Å². The van der Waals surface area contributed by atoms with E-state index in [1.807, 2.05) is 42.2 Å². The minimum atomic E-state index is 0.160. The highest BCUT2D eigenvalue weighted by atomic mass is 35.5. The van der Waals surface area contributed by atoms with Crippen LogP contribution >= 0.6 is 22.9 Å². The molecule has 3 nitrogen and oxygen atoms in total. The van der Waals surface area contributed by atoms with Gasteiger partial charge in [0, 0.05) is 42.1 Å². The van der Waals surface area contributed by atoms with Crippen molar-refractivity contribution in [2.24, 2.45) is 0 Å². The van der Waals surface area contributed by atoms with Gasteiger partial charge in [-0.1, -0.05) is 29.8 Å². The first kappa shape index (κ1) is 16.5. The van der Waals surface area contributed by atoms with Gasteiger partial charge in [0.1, 0.15) is 0 Å². The fourth-order valence-electron chi connectivity index (χ4n) is 3.03. The van der Waals surface area contributed by atoms with E-state index in [2.05, 4.69) is 17.9 Å². The normalized spacial score (nSPS) is 17.3. The summed E-state index contributed by atoms with van der Waals surface area (Å²) in [6.45, 7) is 7.51. The Balaban J connectivity index is 1.62. The Morgan fingerprint density at radius 1 is 1.13 bits per heavy atom. The van der Waals surface area contributed by atoms with Crippen molar-refractivity contribution in [3.8, 4) is 0 Å². The van der Waals surface area contributed by atoms with Gasteiger partial charge in [0.2, 0.25) is 0 Å². The Kier molecular flexibility index (Phi) is 5.05.